The summed E-state index contributed by atoms with van der Waals surface area (Å²) in [5.41, 5.74) is 5.66. The van der Waals surface area contributed by atoms with E-state index >= 15 is 0 Å². The van der Waals surface area contributed by atoms with Gasteiger partial charge in [-0.2, -0.15) is 0 Å². The maximum atomic E-state index is 12.7. The SMILES string of the molecule is CCCc1cc(C(N)=O)c(NC(=O)[C@@H]2[C@H](C(=O)O)[C@H]3CC[C@H]2O3)s1. The molecular formula is C16H20N2O5S. The van der Waals surface area contributed by atoms with Crippen molar-refractivity contribution in [2.24, 2.45) is 17.6 Å². The molecule has 2 saturated heterocycles. The minimum Gasteiger partial charge on any atom is -0.481 e. The third kappa shape index (κ3) is 2.91. The Morgan fingerprint density at radius 1 is 1.33 bits per heavy atom. The summed E-state index contributed by atoms with van der Waals surface area (Å²) in [7, 11) is 0. The first-order chi connectivity index (χ1) is 11.4. The van der Waals surface area contributed by atoms with E-state index in [1.165, 1.54) is 11.3 Å². The van der Waals surface area contributed by atoms with Gasteiger partial charge in [-0.05, 0) is 25.3 Å². The third-order valence-corrected chi connectivity index (χ3v) is 5.75. The molecule has 0 saturated carbocycles. The molecule has 0 unspecified atom stereocenters. The highest BCUT2D eigenvalue weighted by molar-refractivity contribution is 7.16. The fourth-order valence-corrected chi connectivity index (χ4v) is 4.77. The van der Waals surface area contributed by atoms with Crippen LogP contribution in [0.25, 0.3) is 0 Å². The summed E-state index contributed by atoms with van der Waals surface area (Å²) in [6, 6.07) is 1.69. The molecule has 3 rings (SSSR count). The van der Waals surface area contributed by atoms with Crippen LogP contribution in [0.5, 0.6) is 0 Å². The summed E-state index contributed by atoms with van der Waals surface area (Å²) in [5.74, 6) is -3.62. The van der Waals surface area contributed by atoms with Gasteiger partial charge in [0.2, 0.25) is 5.91 Å². The van der Waals surface area contributed by atoms with Crippen molar-refractivity contribution in [3.63, 3.8) is 0 Å². The molecule has 3 heterocycles. The number of ether oxygens (including phenoxy) is 1. The predicted molar refractivity (Wildman–Crippen MR) is 88.0 cm³/mol. The Balaban J connectivity index is 1.82. The van der Waals surface area contributed by atoms with Crippen LogP contribution in [-0.4, -0.2) is 35.1 Å². The zero-order valence-corrected chi connectivity index (χ0v) is 14.1. The number of rotatable bonds is 6. The Kier molecular flexibility index (Phi) is 4.60. The van der Waals surface area contributed by atoms with Gasteiger partial charge in [-0.15, -0.1) is 11.3 Å². The second-order valence-corrected chi connectivity index (χ2v) is 7.38. The molecule has 0 radical (unpaired) electrons. The summed E-state index contributed by atoms with van der Waals surface area (Å²) in [5, 5.41) is 12.5. The first kappa shape index (κ1) is 16.9. The first-order valence-electron chi connectivity index (χ1n) is 8.04. The number of thiophene rings is 1. The smallest absolute Gasteiger partial charge is 0.310 e. The first-order valence-corrected chi connectivity index (χ1v) is 8.85. The van der Waals surface area contributed by atoms with E-state index in [1.54, 1.807) is 6.07 Å². The Hall–Kier alpha value is -1.93. The van der Waals surface area contributed by atoms with Crippen molar-refractivity contribution >= 4 is 34.1 Å². The highest BCUT2D eigenvalue weighted by Gasteiger charge is 2.55. The van der Waals surface area contributed by atoms with Crippen LogP contribution < -0.4 is 11.1 Å². The molecule has 2 bridgehead atoms. The standard InChI is InChI=1S/C16H20N2O5S/c1-2-3-7-6-8(13(17)19)15(24-7)18-14(20)11-9-4-5-10(23-9)12(11)16(21)22/h6,9-12H,2-5H2,1H3,(H2,17,19)(H,18,20)(H,21,22)/t9-,10-,11+,12-/m1/s1. The van der Waals surface area contributed by atoms with Crippen molar-refractivity contribution in [2.75, 3.05) is 5.32 Å². The molecule has 0 aromatic carbocycles. The number of nitrogens with two attached hydrogens (primary N) is 1. The van der Waals surface area contributed by atoms with Gasteiger partial charge in [0.25, 0.3) is 5.91 Å². The molecule has 4 N–H and O–H groups in total. The van der Waals surface area contributed by atoms with E-state index in [1.807, 2.05) is 6.92 Å². The Labute approximate surface area is 143 Å². The van der Waals surface area contributed by atoms with E-state index in [0.29, 0.717) is 17.8 Å². The predicted octanol–water partition coefficient (Wildman–Crippen LogP) is 1.62. The number of nitrogens with one attached hydrogen (secondary N) is 1. The Morgan fingerprint density at radius 2 is 2.00 bits per heavy atom. The molecular weight excluding hydrogens is 332 g/mol. The van der Waals surface area contributed by atoms with Crippen molar-refractivity contribution in [1.82, 2.24) is 0 Å². The number of anilines is 1. The maximum absolute atomic E-state index is 12.7. The van der Waals surface area contributed by atoms with Crippen LogP contribution in [0.2, 0.25) is 0 Å². The zero-order valence-electron chi connectivity index (χ0n) is 13.3. The number of hydrogen-bond donors (Lipinski definition) is 3. The lowest BCUT2D eigenvalue weighted by Gasteiger charge is -2.23. The van der Waals surface area contributed by atoms with Crippen molar-refractivity contribution in [1.29, 1.82) is 0 Å². The molecule has 0 spiro atoms. The largest absolute Gasteiger partial charge is 0.481 e. The van der Waals surface area contributed by atoms with Crippen LogP contribution in [0.3, 0.4) is 0 Å². The van der Waals surface area contributed by atoms with Gasteiger partial charge in [0.05, 0.1) is 29.6 Å². The number of carbonyl (C=O) groups is 3. The van der Waals surface area contributed by atoms with Gasteiger partial charge in [-0.3, -0.25) is 14.4 Å². The number of aliphatic carboxylic acids is 1. The van der Waals surface area contributed by atoms with Gasteiger partial charge in [0.15, 0.2) is 0 Å². The monoisotopic (exact) mass is 352 g/mol. The van der Waals surface area contributed by atoms with E-state index in [0.717, 1.165) is 17.7 Å². The maximum Gasteiger partial charge on any atom is 0.310 e. The van der Waals surface area contributed by atoms with Gasteiger partial charge < -0.3 is 20.9 Å². The number of carboxylic acid groups (broad SMARTS) is 1. The van der Waals surface area contributed by atoms with Crippen LogP contribution in [0.4, 0.5) is 5.00 Å². The molecule has 1 aromatic rings. The number of primary amides is 1. The van der Waals surface area contributed by atoms with Gasteiger partial charge in [0.1, 0.15) is 5.00 Å². The molecule has 0 aliphatic carbocycles. The number of aryl methyl sites for hydroxylation is 1. The number of fused-ring (bicyclic) bond motifs is 2. The number of carbonyl (C=O) groups excluding carboxylic acids is 2. The molecule has 130 valence electrons. The zero-order chi connectivity index (χ0) is 17.4. The fraction of sp³-hybridized carbons (Fsp3) is 0.562. The quantitative estimate of drug-likeness (QED) is 0.719. The van der Waals surface area contributed by atoms with Crippen LogP contribution in [0.15, 0.2) is 6.07 Å². The van der Waals surface area contributed by atoms with Gasteiger partial charge in [-0.1, -0.05) is 13.3 Å². The van der Waals surface area contributed by atoms with Crippen molar-refractivity contribution < 1.29 is 24.2 Å². The van der Waals surface area contributed by atoms with E-state index in [4.69, 9.17) is 10.5 Å². The molecule has 1 aromatic heterocycles. The van der Waals surface area contributed by atoms with Crippen LogP contribution in [0.1, 0.15) is 41.4 Å². The topological polar surface area (TPSA) is 119 Å². The molecule has 4 atom stereocenters. The normalized spacial score (nSPS) is 28.0. The van der Waals surface area contributed by atoms with Gasteiger partial charge >= 0.3 is 5.97 Å². The lowest BCUT2D eigenvalue weighted by Crippen LogP contribution is -2.41. The molecule has 7 nitrogen and oxygen atoms in total. The van der Waals surface area contributed by atoms with E-state index in [2.05, 4.69) is 5.32 Å². The summed E-state index contributed by atoms with van der Waals surface area (Å²) in [6.45, 7) is 2.02. The molecule has 2 fully saturated rings. The Morgan fingerprint density at radius 3 is 2.58 bits per heavy atom. The second-order valence-electron chi connectivity index (χ2n) is 6.24. The van der Waals surface area contributed by atoms with E-state index in [9.17, 15) is 19.5 Å². The van der Waals surface area contributed by atoms with Crippen molar-refractivity contribution in [2.45, 2.75) is 44.8 Å². The van der Waals surface area contributed by atoms with Crippen LogP contribution >= 0.6 is 11.3 Å². The molecule has 24 heavy (non-hydrogen) atoms. The van der Waals surface area contributed by atoms with Crippen LogP contribution in [0, 0.1) is 11.8 Å². The third-order valence-electron chi connectivity index (χ3n) is 4.64. The number of amides is 2. The highest BCUT2D eigenvalue weighted by atomic mass is 32.1. The number of carboxylic acids is 1. The Bertz CT molecular complexity index is 686. The lowest BCUT2D eigenvalue weighted by molar-refractivity contribution is -0.147. The summed E-state index contributed by atoms with van der Waals surface area (Å²) < 4.78 is 5.61. The van der Waals surface area contributed by atoms with E-state index < -0.39 is 35.7 Å². The molecule has 2 aliphatic heterocycles. The van der Waals surface area contributed by atoms with Crippen molar-refractivity contribution in [3.8, 4) is 0 Å². The highest BCUT2D eigenvalue weighted by Crippen LogP contribution is 2.44. The number of hydrogen-bond acceptors (Lipinski definition) is 5. The summed E-state index contributed by atoms with van der Waals surface area (Å²) >= 11 is 1.31. The molecule has 2 amide bonds. The van der Waals surface area contributed by atoms with Crippen molar-refractivity contribution in [3.05, 3.63) is 16.5 Å². The summed E-state index contributed by atoms with van der Waals surface area (Å²) in [4.78, 5) is 36.7. The fourth-order valence-electron chi connectivity index (χ4n) is 3.61. The average molecular weight is 352 g/mol. The minimum absolute atomic E-state index is 0.271. The van der Waals surface area contributed by atoms with E-state index in [-0.39, 0.29) is 11.7 Å². The summed E-state index contributed by atoms with van der Waals surface area (Å²) in [6.07, 6.45) is 2.27. The average Bonchev–Trinajstić information content (AvgIpc) is 3.20. The van der Waals surface area contributed by atoms with Gasteiger partial charge in [0, 0.05) is 4.88 Å². The van der Waals surface area contributed by atoms with Crippen LogP contribution in [-0.2, 0) is 20.7 Å². The minimum atomic E-state index is -1.02. The second kappa shape index (κ2) is 6.52. The molecule has 2 aliphatic rings. The van der Waals surface area contributed by atoms with Gasteiger partial charge in [-0.25, -0.2) is 0 Å². The lowest BCUT2D eigenvalue weighted by atomic mass is 9.79. The molecule has 8 heteroatoms.